The van der Waals surface area contributed by atoms with Crippen LogP contribution < -0.4 is 16.0 Å². The fourth-order valence-electron chi connectivity index (χ4n) is 2.15. The summed E-state index contributed by atoms with van der Waals surface area (Å²) in [7, 11) is 0. The van der Waals surface area contributed by atoms with E-state index in [-0.39, 0.29) is 16.8 Å². The average Bonchev–Trinajstić information content (AvgIpc) is 3.18. The molecule has 0 spiro atoms. The van der Waals surface area contributed by atoms with Gasteiger partial charge in [0.1, 0.15) is 0 Å². The fraction of sp³-hybridized carbons (Fsp3) is 0.0556. The first-order valence-corrected chi connectivity index (χ1v) is 8.08. The van der Waals surface area contributed by atoms with E-state index in [9.17, 15) is 9.59 Å². The summed E-state index contributed by atoms with van der Waals surface area (Å²) in [5.41, 5.74) is 1.79. The number of pyridine rings is 1. The molecule has 2 aromatic heterocycles. The van der Waals surface area contributed by atoms with Crippen molar-refractivity contribution in [1.29, 1.82) is 0 Å². The van der Waals surface area contributed by atoms with Gasteiger partial charge in [-0.15, -0.1) is 0 Å². The number of anilines is 2. The second-order valence-electron chi connectivity index (χ2n) is 5.30. The lowest BCUT2D eigenvalue weighted by Gasteiger charge is -2.10. The van der Waals surface area contributed by atoms with Crippen molar-refractivity contribution < 1.29 is 14.0 Å². The molecule has 132 valence electrons. The van der Waals surface area contributed by atoms with Crippen LogP contribution >= 0.6 is 11.6 Å². The van der Waals surface area contributed by atoms with Gasteiger partial charge in [-0.2, -0.15) is 0 Å². The van der Waals surface area contributed by atoms with E-state index in [1.165, 1.54) is 6.26 Å². The van der Waals surface area contributed by atoms with Crippen LogP contribution in [0.3, 0.4) is 0 Å². The van der Waals surface area contributed by atoms with E-state index < -0.39 is 5.91 Å². The second-order valence-corrected chi connectivity index (χ2v) is 5.70. The molecule has 0 atom stereocenters. The van der Waals surface area contributed by atoms with Gasteiger partial charge in [-0.3, -0.25) is 9.78 Å². The van der Waals surface area contributed by atoms with Crippen LogP contribution in [-0.2, 0) is 6.54 Å². The fourth-order valence-corrected chi connectivity index (χ4v) is 2.37. The summed E-state index contributed by atoms with van der Waals surface area (Å²) < 4.78 is 5.02. The number of urea groups is 1. The van der Waals surface area contributed by atoms with Crippen LogP contribution in [0.2, 0.25) is 5.02 Å². The highest BCUT2D eigenvalue weighted by Gasteiger charge is 2.11. The van der Waals surface area contributed by atoms with E-state index in [1.54, 1.807) is 48.8 Å². The number of benzene rings is 1. The lowest BCUT2D eigenvalue weighted by Crippen LogP contribution is -2.28. The van der Waals surface area contributed by atoms with Gasteiger partial charge in [0.2, 0.25) is 0 Å². The van der Waals surface area contributed by atoms with Crippen molar-refractivity contribution in [3.05, 3.63) is 77.5 Å². The molecule has 1 aromatic carbocycles. The molecule has 2 heterocycles. The summed E-state index contributed by atoms with van der Waals surface area (Å²) in [5.74, 6) is -0.232. The normalized spacial score (nSPS) is 10.2. The summed E-state index contributed by atoms with van der Waals surface area (Å²) in [6.07, 6.45) is 4.75. The Kier molecular flexibility index (Phi) is 5.50. The lowest BCUT2D eigenvalue weighted by molar-refractivity contribution is 0.0996. The predicted octanol–water partition coefficient (Wildman–Crippen LogP) is 3.90. The second kappa shape index (κ2) is 8.17. The Morgan fingerprint density at radius 2 is 2.00 bits per heavy atom. The Morgan fingerprint density at radius 1 is 1.12 bits per heavy atom. The number of carbonyl (C=O) groups is 2. The number of amides is 3. The van der Waals surface area contributed by atoms with Crippen molar-refractivity contribution in [3.8, 4) is 0 Å². The summed E-state index contributed by atoms with van der Waals surface area (Å²) in [4.78, 5) is 27.9. The molecule has 0 unspecified atom stereocenters. The topological polar surface area (TPSA) is 96.3 Å². The van der Waals surface area contributed by atoms with E-state index in [0.717, 1.165) is 5.56 Å². The molecule has 3 aromatic rings. The summed E-state index contributed by atoms with van der Waals surface area (Å²) in [6.45, 7) is 0.352. The number of carbonyl (C=O) groups excluding carboxylic acids is 2. The van der Waals surface area contributed by atoms with Crippen LogP contribution in [0, 0.1) is 0 Å². The number of nitrogens with zero attached hydrogens (tertiary/aromatic N) is 1. The number of hydrogen-bond acceptors (Lipinski definition) is 4. The molecule has 8 heteroatoms. The molecule has 0 bridgehead atoms. The van der Waals surface area contributed by atoms with Crippen molar-refractivity contribution in [2.75, 3.05) is 10.6 Å². The van der Waals surface area contributed by atoms with Gasteiger partial charge in [0.15, 0.2) is 5.76 Å². The molecule has 0 aliphatic carbocycles. The first-order chi connectivity index (χ1) is 12.6. The number of aromatic nitrogens is 1. The van der Waals surface area contributed by atoms with Crippen molar-refractivity contribution in [2.45, 2.75) is 6.54 Å². The number of furan rings is 1. The third-order valence-corrected chi connectivity index (χ3v) is 3.71. The lowest BCUT2D eigenvalue weighted by atomic mass is 10.2. The van der Waals surface area contributed by atoms with E-state index in [1.807, 2.05) is 6.07 Å². The van der Waals surface area contributed by atoms with E-state index >= 15 is 0 Å². The van der Waals surface area contributed by atoms with Gasteiger partial charge in [-0.25, -0.2) is 4.79 Å². The monoisotopic (exact) mass is 370 g/mol. The Bertz CT molecular complexity index is 898. The zero-order valence-corrected chi connectivity index (χ0v) is 14.3. The molecule has 0 fully saturated rings. The highest BCUT2D eigenvalue weighted by Crippen LogP contribution is 2.26. The summed E-state index contributed by atoms with van der Waals surface area (Å²) in [6, 6.07) is 11.2. The van der Waals surface area contributed by atoms with Crippen molar-refractivity contribution in [2.24, 2.45) is 0 Å². The highest BCUT2D eigenvalue weighted by atomic mass is 35.5. The molecule has 3 N–H and O–H groups in total. The SMILES string of the molecule is O=C(NCc1cccnc1)Nc1ccc(NC(=O)c2ccco2)c(Cl)c1. The van der Waals surface area contributed by atoms with Crippen molar-refractivity contribution in [1.82, 2.24) is 10.3 Å². The highest BCUT2D eigenvalue weighted by molar-refractivity contribution is 6.34. The first kappa shape index (κ1) is 17.5. The Labute approximate surface area is 154 Å². The maximum atomic E-state index is 12.0. The van der Waals surface area contributed by atoms with Gasteiger partial charge >= 0.3 is 6.03 Å². The Balaban J connectivity index is 1.57. The largest absolute Gasteiger partial charge is 0.459 e. The maximum Gasteiger partial charge on any atom is 0.319 e. The predicted molar refractivity (Wildman–Crippen MR) is 98.2 cm³/mol. The third-order valence-electron chi connectivity index (χ3n) is 3.40. The molecule has 0 radical (unpaired) electrons. The van der Waals surface area contributed by atoms with E-state index in [2.05, 4.69) is 20.9 Å². The van der Waals surface area contributed by atoms with Crippen LogP contribution in [0.4, 0.5) is 16.2 Å². The summed E-state index contributed by atoms with van der Waals surface area (Å²) >= 11 is 6.17. The zero-order chi connectivity index (χ0) is 18.4. The molecule has 0 saturated heterocycles. The molecule has 0 saturated carbocycles. The van der Waals surface area contributed by atoms with Gasteiger partial charge < -0.3 is 20.4 Å². The smallest absolute Gasteiger partial charge is 0.319 e. The van der Waals surface area contributed by atoms with Crippen LogP contribution in [0.15, 0.2) is 65.5 Å². The third kappa shape index (κ3) is 4.61. The van der Waals surface area contributed by atoms with Gasteiger partial charge in [0.05, 0.1) is 17.0 Å². The number of rotatable bonds is 5. The average molecular weight is 371 g/mol. The zero-order valence-electron chi connectivity index (χ0n) is 13.5. The van der Waals surface area contributed by atoms with Crippen molar-refractivity contribution >= 4 is 34.9 Å². The van der Waals surface area contributed by atoms with Gasteiger partial charge in [0.25, 0.3) is 5.91 Å². The van der Waals surface area contributed by atoms with Crippen LogP contribution in [-0.4, -0.2) is 16.9 Å². The number of nitrogens with one attached hydrogen (secondary N) is 3. The van der Waals surface area contributed by atoms with Crippen molar-refractivity contribution in [3.63, 3.8) is 0 Å². The molecule has 3 amide bonds. The molecule has 7 nitrogen and oxygen atoms in total. The number of hydrogen-bond donors (Lipinski definition) is 3. The summed E-state index contributed by atoms with van der Waals surface area (Å²) in [5, 5.41) is 8.32. The van der Waals surface area contributed by atoms with Crippen LogP contribution in [0.1, 0.15) is 16.1 Å². The molecular weight excluding hydrogens is 356 g/mol. The van der Waals surface area contributed by atoms with E-state index in [0.29, 0.717) is 17.9 Å². The van der Waals surface area contributed by atoms with E-state index in [4.69, 9.17) is 16.0 Å². The minimum atomic E-state index is -0.410. The molecule has 3 rings (SSSR count). The Morgan fingerprint density at radius 3 is 2.69 bits per heavy atom. The van der Waals surface area contributed by atoms with Gasteiger partial charge in [-0.05, 0) is 42.0 Å². The van der Waals surface area contributed by atoms with Gasteiger partial charge in [0, 0.05) is 24.6 Å². The first-order valence-electron chi connectivity index (χ1n) is 7.70. The Hall–Kier alpha value is -3.32. The number of halogens is 1. The standard InChI is InChI=1S/C18H15ClN4O3/c19-14-9-13(22-18(25)21-11-12-3-1-7-20-10-12)5-6-15(14)23-17(24)16-4-2-8-26-16/h1-10H,11H2,(H,23,24)(H2,21,22,25). The maximum absolute atomic E-state index is 12.0. The van der Waals surface area contributed by atoms with Crippen LogP contribution in [0.5, 0.6) is 0 Å². The molecule has 0 aliphatic rings. The molecular formula is C18H15ClN4O3. The minimum absolute atomic E-state index is 0.179. The molecule has 26 heavy (non-hydrogen) atoms. The van der Waals surface area contributed by atoms with Gasteiger partial charge in [-0.1, -0.05) is 17.7 Å². The van der Waals surface area contributed by atoms with Crippen LogP contribution in [0.25, 0.3) is 0 Å². The quantitative estimate of drug-likeness (QED) is 0.634. The minimum Gasteiger partial charge on any atom is -0.459 e. The molecule has 0 aliphatic heterocycles.